The predicted molar refractivity (Wildman–Crippen MR) is 70.7 cm³/mol. The number of rotatable bonds is 4. The van der Waals surface area contributed by atoms with Crippen molar-refractivity contribution in [3.8, 4) is 6.07 Å². The first-order valence-corrected chi connectivity index (χ1v) is 5.76. The fourth-order valence-electron chi connectivity index (χ4n) is 1.49. The lowest BCUT2D eigenvalue weighted by Crippen LogP contribution is -2.19. The van der Waals surface area contributed by atoms with Crippen LogP contribution in [0.25, 0.3) is 6.08 Å². The number of amides is 1. The Hall–Kier alpha value is -2.80. The number of nitrogens with one attached hydrogen (secondary N) is 1. The van der Waals surface area contributed by atoms with E-state index in [9.17, 15) is 4.79 Å². The minimum Gasteiger partial charge on any atom is -0.467 e. The Morgan fingerprint density at radius 3 is 2.74 bits per heavy atom. The Balaban J connectivity index is 1.87. The van der Waals surface area contributed by atoms with E-state index in [-0.39, 0.29) is 5.91 Å². The monoisotopic (exact) mass is 252 g/mol. The maximum Gasteiger partial charge on any atom is 0.244 e. The van der Waals surface area contributed by atoms with Gasteiger partial charge in [0.2, 0.25) is 5.91 Å². The molecule has 0 radical (unpaired) electrons. The van der Waals surface area contributed by atoms with Crippen molar-refractivity contribution in [3.05, 3.63) is 65.6 Å². The zero-order valence-electron chi connectivity index (χ0n) is 10.2. The molecule has 2 rings (SSSR count). The molecule has 1 N–H and O–H groups in total. The van der Waals surface area contributed by atoms with Crippen molar-refractivity contribution in [3.63, 3.8) is 0 Å². The van der Waals surface area contributed by atoms with E-state index in [1.54, 1.807) is 48.7 Å². The van der Waals surface area contributed by atoms with Crippen LogP contribution in [0.3, 0.4) is 0 Å². The van der Waals surface area contributed by atoms with Gasteiger partial charge in [-0.15, -0.1) is 0 Å². The molecule has 0 atom stereocenters. The molecule has 0 bridgehead atoms. The number of nitrogens with zero attached hydrogens (tertiary/aromatic N) is 1. The average Bonchev–Trinajstić information content (AvgIpc) is 2.96. The summed E-state index contributed by atoms with van der Waals surface area (Å²) in [7, 11) is 0. The molecule has 0 unspecified atom stereocenters. The molecule has 1 aromatic heterocycles. The summed E-state index contributed by atoms with van der Waals surface area (Å²) in [5, 5.41) is 11.4. The van der Waals surface area contributed by atoms with Crippen LogP contribution in [0.2, 0.25) is 0 Å². The smallest absolute Gasteiger partial charge is 0.244 e. The number of benzene rings is 1. The molecule has 19 heavy (non-hydrogen) atoms. The lowest BCUT2D eigenvalue weighted by molar-refractivity contribution is -0.116. The fourth-order valence-corrected chi connectivity index (χ4v) is 1.49. The Bertz CT molecular complexity index is 605. The number of furan rings is 1. The molecule has 1 heterocycles. The summed E-state index contributed by atoms with van der Waals surface area (Å²) in [6, 6.07) is 12.6. The molecule has 1 aromatic carbocycles. The van der Waals surface area contributed by atoms with Crippen LogP contribution in [0.1, 0.15) is 16.9 Å². The molecule has 0 aliphatic carbocycles. The van der Waals surface area contributed by atoms with Gasteiger partial charge in [-0.2, -0.15) is 5.26 Å². The van der Waals surface area contributed by atoms with Gasteiger partial charge in [0.05, 0.1) is 24.4 Å². The summed E-state index contributed by atoms with van der Waals surface area (Å²) in [5.74, 6) is 0.515. The minimum absolute atomic E-state index is 0.194. The second-order valence-corrected chi connectivity index (χ2v) is 3.86. The van der Waals surface area contributed by atoms with Gasteiger partial charge in [0.1, 0.15) is 5.76 Å². The molecular formula is C15H12N2O2. The first kappa shape index (κ1) is 12.7. The fraction of sp³-hybridized carbons (Fsp3) is 0.0667. The minimum atomic E-state index is -0.194. The van der Waals surface area contributed by atoms with E-state index in [2.05, 4.69) is 5.32 Å². The van der Waals surface area contributed by atoms with E-state index in [4.69, 9.17) is 9.68 Å². The maximum atomic E-state index is 11.5. The van der Waals surface area contributed by atoms with Gasteiger partial charge in [-0.1, -0.05) is 12.1 Å². The normalized spacial score (nSPS) is 10.3. The second kappa shape index (κ2) is 6.22. The lowest BCUT2D eigenvalue weighted by Gasteiger charge is -1.98. The number of carbonyl (C=O) groups is 1. The topological polar surface area (TPSA) is 66.0 Å². The summed E-state index contributed by atoms with van der Waals surface area (Å²) < 4.78 is 5.10. The van der Waals surface area contributed by atoms with Crippen LogP contribution < -0.4 is 5.32 Å². The molecule has 94 valence electrons. The third-order valence-electron chi connectivity index (χ3n) is 2.48. The molecule has 0 spiro atoms. The van der Waals surface area contributed by atoms with Crippen LogP contribution >= 0.6 is 0 Å². The highest BCUT2D eigenvalue weighted by Crippen LogP contribution is 2.05. The molecule has 4 nitrogen and oxygen atoms in total. The molecule has 0 saturated heterocycles. The average molecular weight is 252 g/mol. The van der Waals surface area contributed by atoms with Crippen molar-refractivity contribution in [1.29, 1.82) is 5.26 Å². The Morgan fingerprint density at radius 2 is 2.11 bits per heavy atom. The first-order chi connectivity index (χ1) is 9.28. The van der Waals surface area contributed by atoms with Gasteiger partial charge in [0.15, 0.2) is 0 Å². The Kier molecular flexibility index (Phi) is 4.14. The van der Waals surface area contributed by atoms with Crippen LogP contribution in [0.4, 0.5) is 0 Å². The van der Waals surface area contributed by atoms with E-state index in [1.165, 1.54) is 6.08 Å². The van der Waals surface area contributed by atoms with E-state index in [0.717, 1.165) is 5.56 Å². The summed E-state index contributed by atoms with van der Waals surface area (Å²) in [6.45, 7) is 0.365. The van der Waals surface area contributed by atoms with E-state index < -0.39 is 0 Å². The van der Waals surface area contributed by atoms with Crippen molar-refractivity contribution in [2.75, 3.05) is 0 Å². The van der Waals surface area contributed by atoms with Gasteiger partial charge >= 0.3 is 0 Å². The highest BCUT2D eigenvalue weighted by Gasteiger charge is 1.98. The molecule has 0 saturated carbocycles. The van der Waals surface area contributed by atoms with Gasteiger partial charge < -0.3 is 9.73 Å². The van der Waals surface area contributed by atoms with Crippen LogP contribution in [0.5, 0.6) is 0 Å². The van der Waals surface area contributed by atoms with Gasteiger partial charge in [-0.25, -0.2) is 0 Å². The maximum absolute atomic E-state index is 11.5. The third kappa shape index (κ3) is 3.86. The second-order valence-electron chi connectivity index (χ2n) is 3.86. The SMILES string of the molecule is N#Cc1ccc(/C=C/C(=O)NCc2ccco2)cc1. The van der Waals surface area contributed by atoms with E-state index in [1.807, 2.05) is 6.07 Å². The van der Waals surface area contributed by atoms with Crippen molar-refractivity contribution in [2.45, 2.75) is 6.54 Å². The van der Waals surface area contributed by atoms with E-state index >= 15 is 0 Å². The van der Waals surface area contributed by atoms with Crippen LogP contribution in [0, 0.1) is 11.3 Å². The van der Waals surface area contributed by atoms with Gasteiger partial charge in [0, 0.05) is 6.08 Å². The van der Waals surface area contributed by atoms with Crippen molar-refractivity contribution in [1.82, 2.24) is 5.32 Å². The Labute approximate surface area is 111 Å². The quantitative estimate of drug-likeness (QED) is 0.850. The van der Waals surface area contributed by atoms with Gasteiger partial charge in [-0.05, 0) is 35.9 Å². The first-order valence-electron chi connectivity index (χ1n) is 5.76. The highest BCUT2D eigenvalue weighted by molar-refractivity contribution is 5.91. The number of hydrogen-bond donors (Lipinski definition) is 1. The summed E-state index contributed by atoms with van der Waals surface area (Å²) in [6.07, 6.45) is 4.71. The standard InChI is InChI=1S/C15H12N2O2/c16-10-13-5-3-12(4-6-13)7-8-15(18)17-11-14-2-1-9-19-14/h1-9H,11H2,(H,17,18)/b8-7+. The molecule has 1 amide bonds. The van der Waals surface area contributed by atoms with Crippen LogP contribution in [-0.2, 0) is 11.3 Å². The molecule has 0 aliphatic heterocycles. The number of carbonyl (C=O) groups excluding carboxylic acids is 1. The molecular weight excluding hydrogens is 240 g/mol. The number of hydrogen-bond acceptors (Lipinski definition) is 3. The largest absolute Gasteiger partial charge is 0.467 e. The zero-order valence-corrected chi connectivity index (χ0v) is 10.2. The van der Waals surface area contributed by atoms with Crippen molar-refractivity contribution < 1.29 is 9.21 Å². The zero-order chi connectivity index (χ0) is 13.5. The predicted octanol–water partition coefficient (Wildman–Crippen LogP) is 2.48. The van der Waals surface area contributed by atoms with Crippen molar-refractivity contribution >= 4 is 12.0 Å². The molecule has 0 aliphatic rings. The van der Waals surface area contributed by atoms with Crippen LogP contribution in [-0.4, -0.2) is 5.91 Å². The Morgan fingerprint density at radius 1 is 1.32 bits per heavy atom. The highest BCUT2D eigenvalue weighted by atomic mass is 16.3. The summed E-state index contributed by atoms with van der Waals surface area (Å²) in [5.41, 5.74) is 1.46. The lowest BCUT2D eigenvalue weighted by atomic mass is 10.1. The molecule has 4 heteroatoms. The molecule has 0 fully saturated rings. The number of nitriles is 1. The van der Waals surface area contributed by atoms with Crippen LogP contribution in [0.15, 0.2) is 53.2 Å². The molecule has 2 aromatic rings. The van der Waals surface area contributed by atoms with E-state index in [0.29, 0.717) is 17.9 Å². The summed E-state index contributed by atoms with van der Waals surface area (Å²) >= 11 is 0. The third-order valence-corrected chi connectivity index (χ3v) is 2.48. The van der Waals surface area contributed by atoms with Gasteiger partial charge in [-0.3, -0.25) is 4.79 Å². The summed E-state index contributed by atoms with van der Waals surface area (Å²) in [4.78, 5) is 11.5. The van der Waals surface area contributed by atoms with Gasteiger partial charge in [0.25, 0.3) is 0 Å². The van der Waals surface area contributed by atoms with Crippen molar-refractivity contribution in [2.24, 2.45) is 0 Å².